The van der Waals surface area contributed by atoms with Gasteiger partial charge in [0.1, 0.15) is 16.4 Å². The van der Waals surface area contributed by atoms with Gasteiger partial charge in [-0.05, 0) is 30.3 Å². The van der Waals surface area contributed by atoms with Crippen molar-refractivity contribution in [3.8, 4) is 11.5 Å². The molecule has 0 aliphatic rings. The molecule has 0 bridgehead atoms. The molecule has 0 saturated carbocycles. The van der Waals surface area contributed by atoms with Crippen molar-refractivity contribution < 1.29 is 37.0 Å². The fourth-order valence-corrected chi connectivity index (χ4v) is 3.69. The monoisotopic (exact) mass is 452 g/mol. The van der Waals surface area contributed by atoms with E-state index in [1.54, 1.807) is 24.3 Å². The minimum Gasteiger partial charge on any atom is -0.497 e. The number of rotatable bonds is 11. The van der Waals surface area contributed by atoms with Crippen molar-refractivity contribution in [2.24, 2.45) is 0 Å². The van der Waals surface area contributed by atoms with Crippen molar-refractivity contribution in [1.82, 2.24) is 4.72 Å². The molecule has 31 heavy (non-hydrogen) atoms. The van der Waals surface area contributed by atoms with E-state index in [9.17, 15) is 18.0 Å². The first-order valence-corrected chi connectivity index (χ1v) is 10.6. The molecule has 2 aromatic rings. The largest absolute Gasteiger partial charge is 0.497 e. The van der Waals surface area contributed by atoms with Crippen molar-refractivity contribution in [3.05, 3.63) is 48.0 Å². The topological polar surface area (TPSA) is 129 Å². The minimum atomic E-state index is -3.96. The third kappa shape index (κ3) is 6.95. The maximum atomic E-state index is 12.5. The third-order valence-electron chi connectivity index (χ3n) is 3.97. The van der Waals surface area contributed by atoms with Gasteiger partial charge in [0.15, 0.2) is 6.61 Å². The lowest BCUT2D eigenvalue weighted by atomic mass is 10.2. The van der Waals surface area contributed by atoms with E-state index in [1.807, 2.05) is 0 Å². The zero-order chi connectivity index (χ0) is 22.9. The number of nitrogens with one attached hydrogen (secondary N) is 2. The molecule has 11 heteroatoms. The summed E-state index contributed by atoms with van der Waals surface area (Å²) in [4.78, 5) is 24.2. The third-order valence-corrected chi connectivity index (χ3v) is 5.46. The van der Waals surface area contributed by atoms with Gasteiger partial charge in [0.05, 0.1) is 26.4 Å². The fraction of sp³-hybridized carbons (Fsp3) is 0.300. The summed E-state index contributed by atoms with van der Waals surface area (Å²) < 4.78 is 47.3. The smallest absolute Gasteiger partial charge is 0.338 e. The number of carbonyl (C=O) groups excluding carboxylic acids is 2. The molecule has 0 aliphatic carbocycles. The van der Waals surface area contributed by atoms with Crippen molar-refractivity contribution in [2.45, 2.75) is 4.90 Å². The van der Waals surface area contributed by atoms with Gasteiger partial charge in [0.2, 0.25) is 10.0 Å². The molecule has 10 nitrogen and oxygen atoms in total. The van der Waals surface area contributed by atoms with Crippen LogP contribution in [0.2, 0.25) is 0 Å². The second kappa shape index (κ2) is 11.3. The maximum Gasteiger partial charge on any atom is 0.338 e. The number of ether oxygens (including phenoxy) is 4. The van der Waals surface area contributed by atoms with Gasteiger partial charge in [-0.1, -0.05) is 6.07 Å². The number of esters is 1. The molecule has 1 amide bonds. The fourth-order valence-electron chi connectivity index (χ4n) is 2.48. The first-order valence-electron chi connectivity index (χ1n) is 9.08. The number of sulfonamides is 1. The van der Waals surface area contributed by atoms with Gasteiger partial charge in [-0.15, -0.1) is 0 Å². The van der Waals surface area contributed by atoms with Crippen LogP contribution in [-0.4, -0.2) is 61.4 Å². The molecular formula is C20H24N2O8S. The van der Waals surface area contributed by atoms with E-state index in [4.69, 9.17) is 18.9 Å². The van der Waals surface area contributed by atoms with Gasteiger partial charge in [-0.3, -0.25) is 4.79 Å². The Hall–Kier alpha value is -3.15. The molecule has 0 spiro atoms. The van der Waals surface area contributed by atoms with Crippen molar-refractivity contribution in [1.29, 1.82) is 0 Å². The predicted molar refractivity (Wildman–Crippen MR) is 112 cm³/mol. The molecule has 0 heterocycles. The number of anilines is 1. The van der Waals surface area contributed by atoms with Gasteiger partial charge >= 0.3 is 5.97 Å². The van der Waals surface area contributed by atoms with Crippen LogP contribution in [0, 0.1) is 0 Å². The van der Waals surface area contributed by atoms with Gasteiger partial charge in [-0.25, -0.2) is 17.9 Å². The van der Waals surface area contributed by atoms with Crippen molar-refractivity contribution >= 4 is 27.6 Å². The van der Waals surface area contributed by atoms with Gasteiger partial charge in [-0.2, -0.15) is 0 Å². The molecule has 2 rings (SSSR count). The van der Waals surface area contributed by atoms with Crippen LogP contribution < -0.4 is 19.5 Å². The summed E-state index contributed by atoms with van der Waals surface area (Å²) in [7, 11) is 0.286. The molecule has 168 valence electrons. The SMILES string of the molecule is COCCNS(=O)(=O)c1cc(C(=O)OCC(=O)Nc2cccc(OC)c2)ccc1OC. The lowest BCUT2D eigenvalue weighted by molar-refractivity contribution is -0.119. The Morgan fingerprint density at radius 3 is 2.45 bits per heavy atom. The number of methoxy groups -OCH3 is 3. The van der Waals surface area contributed by atoms with Gasteiger partial charge in [0.25, 0.3) is 5.91 Å². The number of carbonyl (C=O) groups is 2. The molecule has 2 aromatic carbocycles. The summed E-state index contributed by atoms with van der Waals surface area (Å²) in [5.41, 5.74) is 0.419. The molecule has 0 atom stereocenters. The first kappa shape index (κ1) is 24.1. The Bertz CT molecular complexity index is 1020. The molecule has 2 N–H and O–H groups in total. The Labute approximate surface area is 180 Å². The highest BCUT2D eigenvalue weighted by atomic mass is 32.2. The van der Waals surface area contributed by atoms with E-state index < -0.39 is 28.5 Å². The second-order valence-electron chi connectivity index (χ2n) is 6.11. The van der Waals surface area contributed by atoms with Crippen LogP contribution in [0.3, 0.4) is 0 Å². The highest BCUT2D eigenvalue weighted by molar-refractivity contribution is 7.89. The highest BCUT2D eigenvalue weighted by Crippen LogP contribution is 2.25. The quantitative estimate of drug-likeness (QED) is 0.387. The van der Waals surface area contributed by atoms with Crippen LogP contribution in [0.4, 0.5) is 5.69 Å². The van der Waals surface area contributed by atoms with Crippen molar-refractivity contribution in [3.63, 3.8) is 0 Å². The van der Waals surface area contributed by atoms with Crippen LogP contribution in [0.1, 0.15) is 10.4 Å². The summed E-state index contributed by atoms with van der Waals surface area (Å²) in [6, 6.07) is 10.5. The zero-order valence-corrected chi connectivity index (χ0v) is 18.2. The Balaban J connectivity index is 2.06. The van der Waals surface area contributed by atoms with E-state index in [0.717, 1.165) is 6.07 Å². The molecule has 0 aliphatic heterocycles. The Kier molecular flexibility index (Phi) is 8.79. The van der Waals surface area contributed by atoms with Gasteiger partial charge < -0.3 is 24.3 Å². The van der Waals surface area contributed by atoms with Crippen LogP contribution in [0.15, 0.2) is 47.4 Å². The summed E-state index contributed by atoms with van der Waals surface area (Å²) in [6.45, 7) is -0.344. The van der Waals surface area contributed by atoms with Gasteiger partial charge in [0, 0.05) is 25.4 Å². The van der Waals surface area contributed by atoms with E-state index in [1.165, 1.54) is 33.5 Å². The Morgan fingerprint density at radius 1 is 1.00 bits per heavy atom. The van der Waals surface area contributed by atoms with Crippen LogP contribution in [0.25, 0.3) is 0 Å². The van der Waals surface area contributed by atoms with E-state index in [0.29, 0.717) is 11.4 Å². The normalized spacial score (nSPS) is 10.9. The predicted octanol–water partition coefficient (Wildman–Crippen LogP) is 1.42. The van der Waals surface area contributed by atoms with Crippen LogP contribution in [-0.2, 0) is 24.3 Å². The molecule has 0 radical (unpaired) electrons. The summed E-state index contributed by atoms with van der Waals surface area (Å²) >= 11 is 0. The first-order chi connectivity index (χ1) is 14.8. The van der Waals surface area contributed by atoms with Crippen LogP contribution in [0.5, 0.6) is 11.5 Å². The number of benzene rings is 2. The molecule has 0 fully saturated rings. The molecule has 0 saturated heterocycles. The van der Waals surface area contributed by atoms with E-state index >= 15 is 0 Å². The lowest BCUT2D eigenvalue weighted by Crippen LogP contribution is -2.28. The standard InChI is InChI=1S/C20H24N2O8S/c1-27-10-9-21-31(25,26)18-11-14(7-8-17(18)29-3)20(24)30-13-19(23)22-15-5-4-6-16(12-15)28-2/h4-8,11-12,21H,9-10,13H2,1-3H3,(H,22,23). The summed E-state index contributed by atoms with van der Waals surface area (Å²) in [6.07, 6.45) is 0. The molecular weight excluding hydrogens is 428 g/mol. The summed E-state index contributed by atoms with van der Waals surface area (Å²) in [5, 5.41) is 2.57. The van der Waals surface area contributed by atoms with E-state index in [-0.39, 0.29) is 29.4 Å². The highest BCUT2D eigenvalue weighted by Gasteiger charge is 2.22. The number of hydrogen-bond acceptors (Lipinski definition) is 8. The van der Waals surface area contributed by atoms with Crippen molar-refractivity contribution in [2.75, 3.05) is 46.4 Å². The average Bonchev–Trinajstić information content (AvgIpc) is 2.77. The Morgan fingerprint density at radius 2 is 1.77 bits per heavy atom. The average molecular weight is 452 g/mol. The van der Waals surface area contributed by atoms with E-state index in [2.05, 4.69) is 10.0 Å². The lowest BCUT2D eigenvalue weighted by Gasteiger charge is -2.12. The molecule has 0 aromatic heterocycles. The molecule has 0 unspecified atom stereocenters. The maximum absolute atomic E-state index is 12.5. The summed E-state index contributed by atoms with van der Waals surface area (Å²) in [5.74, 6) is -0.820. The van der Waals surface area contributed by atoms with Crippen LogP contribution >= 0.6 is 0 Å². The minimum absolute atomic E-state index is 0.0428. The zero-order valence-electron chi connectivity index (χ0n) is 17.3. The number of hydrogen-bond donors (Lipinski definition) is 2. The number of amides is 1. The second-order valence-corrected chi connectivity index (χ2v) is 7.85.